The minimum absolute atomic E-state index is 0.0262. The minimum Gasteiger partial charge on any atom is -0.324 e. The molecule has 0 fully saturated rings. The summed E-state index contributed by atoms with van der Waals surface area (Å²) in [5.41, 5.74) is 2.30. The molecule has 0 unspecified atom stereocenters. The van der Waals surface area contributed by atoms with Crippen LogP contribution in [0.15, 0.2) is 66.0 Å². The van der Waals surface area contributed by atoms with Gasteiger partial charge in [0.25, 0.3) is 0 Å². The number of halogens is 1. The van der Waals surface area contributed by atoms with Crippen LogP contribution in [0.4, 0.5) is 5.69 Å². The first kappa shape index (κ1) is 20.1. The lowest BCUT2D eigenvalue weighted by Gasteiger charge is -2.09. The molecule has 0 bridgehead atoms. The van der Waals surface area contributed by atoms with Gasteiger partial charge in [-0.15, -0.1) is 11.3 Å². The van der Waals surface area contributed by atoms with Crippen LogP contribution in [0.1, 0.15) is 10.4 Å². The average Bonchev–Trinajstić information content (AvgIpc) is 3.38. The molecule has 1 amide bonds. The summed E-state index contributed by atoms with van der Waals surface area (Å²) in [6, 6.07) is 18.5. The summed E-state index contributed by atoms with van der Waals surface area (Å²) in [6.07, 6.45) is 0. The van der Waals surface area contributed by atoms with Gasteiger partial charge >= 0.3 is 0 Å². The zero-order valence-electron chi connectivity index (χ0n) is 15.6. The first-order valence-corrected chi connectivity index (χ1v) is 10.6. The number of anilines is 1. The Bertz CT molecular complexity index is 1300. The number of nitrogens with zero attached hydrogens (tertiary/aromatic N) is 2. The van der Waals surface area contributed by atoms with E-state index >= 15 is 0 Å². The number of aromatic nitrogens is 3. The van der Waals surface area contributed by atoms with Gasteiger partial charge in [-0.2, -0.15) is 5.10 Å². The lowest BCUT2D eigenvalue weighted by Crippen LogP contribution is -2.19. The third-order valence-electron chi connectivity index (χ3n) is 4.16. The molecule has 0 saturated heterocycles. The number of aromatic amines is 1. The van der Waals surface area contributed by atoms with Crippen LogP contribution in [0.3, 0.4) is 0 Å². The molecule has 0 aliphatic carbocycles. The van der Waals surface area contributed by atoms with E-state index in [1.165, 1.54) is 0 Å². The fourth-order valence-corrected chi connectivity index (χ4v) is 3.68. The maximum Gasteiger partial charge on any atom is 0.244 e. The third kappa shape index (κ3) is 4.86. The summed E-state index contributed by atoms with van der Waals surface area (Å²) >= 11 is 12.8. The molecule has 4 aromatic rings. The summed E-state index contributed by atoms with van der Waals surface area (Å²) in [5.74, 6) is 6.58. The van der Waals surface area contributed by atoms with E-state index in [1.807, 2.05) is 53.9 Å². The molecule has 4 rings (SSSR count). The summed E-state index contributed by atoms with van der Waals surface area (Å²) in [5, 5.41) is 12.5. The second kappa shape index (κ2) is 9.09. The van der Waals surface area contributed by atoms with Crippen LogP contribution in [-0.4, -0.2) is 20.7 Å². The molecule has 2 heterocycles. The van der Waals surface area contributed by atoms with Crippen LogP contribution >= 0.6 is 35.2 Å². The van der Waals surface area contributed by atoms with Crippen molar-refractivity contribution in [1.29, 1.82) is 0 Å². The molecule has 0 aliphatic rings. The number of hydrogen-bond acceptors (Lipinski definition) is 4. The molecule has 5 nitrogen and oxygen atoms in total. The number of benzene rings is 2. The van der Waals surface area contributed by atoms with Crippen LogP contribution < -0.4 is 5.32 Å². The van der Waals surface area contributed by atoms with Crippen molar-refractivity contribution >= 4 is 46.8 Å². The predicted molar refractivity (Wildman–Crippen MR) is 123 cm³/mol. The Labute approximate surface area is 187 Å². The molecule has 0 aliphatic heterocycles. The third-order valence-corrected chi connectivity index (χ3v) is 5.51. The molecular formula is C22H15ClN4OS2. The van der Waals surface area contributed by atoms with Gasteiger partial charge in [0.1, 0.15) is 6.54 Å². The normalized spacial score (nSPS) is 10.3. The van der Waals surface area contributed by atoms with Crippen LogP contribution in [-0.2, 0) is 11.3 Å². The monoisotopic (exact) mass is 450 g/mol. The van der Waals surface area contributed by atoms with Crippen molar-refractivity contribution in [3.05, 3.63) is 86.3 Å². The molecule has 2 N–H and O–H groups in total. The Balaban J connectivity index is 1.50. The van der Waals surface area contributed by atoms with E-state index in [9.17, 15) is 4.79 Å². The number of nitrogens with one attached hydrogen (secondary N) is 2. The number of carbonyl (C=O) groups is 1. The lowest BCUT2D eigenvalue weighted by atomic mass is 10.2. The fourth-order valence-electron chi connectivity index (χ4n) is 2.79. The van der Waals surface area contributed by atoms with Gasteiger partial charge in [-0.1, -0.05) is 35.6 Å². The Morgan fingerprint density at radius 3 is 2.77 bits per heavy atom. The van der Waals surface area contributed by atoms with Crippen molar-refractivity contribution in [1.82, 2.24) is 14.8 Å². The summed E-state index contributed by atoms with van der Waals surface area (Å²) in [7, 11) is 0. The van der Waals surface area contributed by atoms with Gasteiger partial charge in [-0.05, 0) is 66.1 Å². The van der Waals surface area contributed by atoms with E-state index in [1.54, 1.807) is 28.0 Å². The van der Waals surface area contributed by atoms with Crippen LogP contribution in [0.5, 0.6) is 0 Å². The Morgan fingerprint density at radius 2 is 2.00 bits per heavy atom. The molecule has 30 heavy (non-hydrogen) atoms. The van der Waals surface area contributed by atoms with Crippen molar-refractivity contribution in [3.8, 4) is 23.2 Å². The van der Waals surface area contributed by atoms with Gasteiger partial charge in [-0.25, -0.2) is 0 Å². The largest absolute Gasteiger partial charge is 0.324 e. The van der Waals surface area contributed by atoms with Gasteiger partial charge in [0.2, 0.25) is 5.91 Å². The van der Waals surface area contributed by atoms with Crippen LogP contribution in [0, 0.1) is 16.6 Å². The molecular weight excluding hydrogens is 436 g/mol. The quantitative estimate of drug-likeness (QED) is 0.325. The van der Waals surface area contributed by atoms with Crippen molar-refractivity contribution in [2.75, 3.05) is 5.32 Å². The Kier molecular flexibility index (Phi) is 6.10. The second-order valence-corrected chi connectivity index (χ2v) is 8.07. The van der Waals surface area contributed by atoms with Crippen molar-refractivity contribution in [2.24, 2.45) is 0 Å². The molecule has 148 valence electrons. The van der Waals surface area contributed by atoms with Gasteiger partial charge in [0.05, 0.1) is 4.88 Å². The number of H-pyrrole nitrogens is 1. The smallest absolute Gasteiger partial charge is 0.244 e. The number of hydrogen-bond donors (Lipinski definition) is 2. The average molecular weight is 451 g/mol. The zero-order chi connectivity index (χ0) is 20.9. The topological polar surface area (TPSA) is 62.7 Å². The second-order valence-electron chi connectivity index (χ2n) is 6.30. The van der Waals surface area contributed by atoms with E-state index in [0.717, 1.165) is 16.0 Å². The van der Waals surface area contributed by atoms with Gasteiger partial charge in [-0.3, -0.25) is 14.5 Å². The minimum atomic E-state index is -0.217. The number of amides is 1. The highest BCUT2D eigenvalue weighted by molar-refractivity contribution is 7.71. The first-order chi connectivity index (χ1) is 14.6. The standard InChI is InChI=1S/C22H15ClN4OS2/c23-17-9-7-16(8-10-17)21-25-26-22(29)27(21)14-20(28)24-18-4-1-3-15(13-18)6-11-19-5-2-12-30-19/h1-5,7-10,12-13H,14H2,(H,24,28)(H,26,29). The van der Waals surface area contributed by atoms with E-state index < -0.39 is 0 Å². The Hall–Kier alpha value is -3.18. The number of thiophene rings is 1. The first-order valence-electron chi connectivity index (χ1n) is 8.95. The summed E-state index contributed by atoms with van der Waals surface area (Å²) in [6.45, 7) is 0.0262. The number of rotatable bonds is 4. The molecule has 8 heteroatoms. The number of carbonyl (C=O) groups excluding carboxylic acids is 1. The molecule has 0 radical (unpaired) electrons. The van der Waals surface area contributed by atoms with E-state index in [4.69, 9.17) is 23.8 Å². The van der Waals surface area contributed by atoms with Crippen molar-refractivity contribution < 1.29 is 4.79 Å². The highest BCUT2D eigenvalue weighted by Gasteiger charge is 2.12. The van der Waals surface area contributed by atoms with E-state index in [-0.39, 0.29) is 12.5 Å². The van der Waals surface area contributed by atoms with Gasteiger partial charge in [0.15, 0.2) is 10.6 Å². The molecule has 2 aromatic heterocycles. The summed E-state index contributed by atoms with van der Waals surface area (Å²) in [4.78, 5) is 13.6. The SMILES string of the molecule is O=C(Cn1c(-c2ccc(Cl)cc2)n[nH]c1=S)Nc1cccc(C#Cc2cccs2)c1. The predicted octanol–water partition coefficient (Wildman–Crippen LogP) is 5.36. The Morgan fingerprint density at radius 1 is 1.17 bits per heavy atom. The molecule has 0 saturated carbocycles. The maximum absolute atomic E-state index is 12.7. The molecule has 0 spiro atoms. The van der Waals surface area contributed by atoms with Gasteiger partial charge < -0.3 is 5.32 Å². The van der Waals surface area contributed by atoms with Crippen LogP contribution in [0.25, 0.3) is 11.4 Å². The van der Waals surface area contributed by atoms with E-state index in [0.29, 0.717) is 21.3 Å². The van der Waals surface area contributed by atoms with Gasteiger partial charge in [0, 0.05) is 21.8 Å². The highest BCUT2D eigenvalue weighted by atomic mass is 35.5. The summed E-state index contributed by atoms with van der Waals surface area (Å²) < 4.78 is 2.01. The highest BCUT2D eigenvalue weighted by Crippen LogP contribution is 2.20. The molecule has 0 atom stereocenters. The molecule has 2 aromatic carbocycles. The van der Waals surface area contributed by atoms with Crippen molar-refractivity contribution in [2.45, 2.75) is 6.54 Å². The zero-order valence-corrected chi connectivity index (χ0v) is 17.9. The van der Waals surface area contributed by atoms with Crippen molar-refractivity contribution in [3.63, 3.8) is 0 Å². The lowest BCUT2D eigenvalue weighted by molar-refractivity contribution is -0.116. The van der Waals surface area contributed by atoms with E-state index in [2.05, 4.69) is 27.4 Å². The van der Waals surface area contributed by atoms with Crippen LogP contribution in [0.2, 0.25) is 5.02 Å². The maximum atomic E-state index is 12.7. The fraction of sp³-hybridized carbons (Fsp3) is 0.0455.